The minimum Gasteiger partial charge on any atom is -0.487 e. The Morgan fingerprint density at radius 1 is 1.19 bits per heavy atom. The van der Waals surface area contributed by atoms with Crippen LogP contribution in [0.1, 0.15) is 17.1 Å². The van der Waals surface area contributed by atoms with Gasteiger partial charge in [0, 0.05) is 5.38 Å². The van der Waals surface area contributed by atoms with Crippen molar-refractivity contribution in [2.24, 2.45) is 0 Å². The van der Waals surface area contributed by atoms with Crippen LogP contribution < -0.4 is 4.74 Å². The summed E-state index contributed by atoms with van der Waals surface area (Å²) in [5.74, 6) is 1.33. The molecule has 0 saturated heterocycles. The number of benzene rings is 2. The summed E-state index contributed by atoms with van der Waals surface area (Å²) in [5.41, 5.74) is 5.84. The van der Waals surface area contributed by atoms with E-state index in [0.717, 1.165) is 28.0 Å². The highest BCUT2D eigenvalue weighted by molar-refractivity contribution is 7.07. The molecule has 0 spiro atoms. The van der Waals surface area contributed by atoms with Crippen LogP contribution >= 0.6 is 11.3 Å². The van der Waals surface area contributed by atoms with Gasteiger partial charge in [0.1, 0.15) is 24.3 Å². The number of aromatic nitrogens is 3. The fourth-order valence-electron chi connectivity index (χ4n) is 2.53. The number of allylic oxidation sites excluding steroid dienone is 1. The van der Waals surface area contributed by atoms with Crippen molar-refractivity contribution in [2.75, 3.05) is 0 Å². The molecule has 5 nitrogen and oxygen atoms in total. The molecule has 1 N–H and O–H groups in total. The Balaban J connectivity index is 1.53. The molecule has 0 unspecified atom stereocenters. The maximum atomic E-state index is 9.50. The number of nitrogens with one attached hydrogen (secondary N) is 1. The molecule has 0 amide bonds. The average molecular weight is 358 g/mol. The van der Waals surface area contributed by atoms with Crippen LogP contribution in [0.3, 0.4) is 0 Å². The van der Waals surface area contributed by atoms with Crippen LogP contribution in [0.5, 0.6) is 5.75 Å². The lowest BCUT2D eigenvalue weighted by molar-refractivity contribution is 0.302. The van der Waals surface area contributed by atoms with Crippen LogP contribution in [0.15, 0.2) is 59.4 Å². The number of fused-ring (bicyclic) bond motifs is 1. The lowest BCUT2D eigenvalue weighted by Crippen LogP contribution is -1.95. The zero-order chi connectivity index (χ0) is 17.8. The van der Waals surface area contributed by atoms with Gasteiger partial charge >= 0.3 is 0 Å². The minimum absolute atomic E-state index is 0.446. The van der Waals surface area contributed by atoms with Gasteiger partial charge in [-0.1, -0.05) is 24.3 Å². The van der Waals surface area contributed by atoms with Crippen molar-refractivity contribution in [1.29, 1.82) is 5.26 Å². The summed E-state index contributed by atoms with van der Waals surface area (Å²) < 4.78 is 5.70. The average Bonchev–Trinajstić information content (AvgIpc) is 3.34. The quantitative estimate of drug-likeness (QED) is 0.526. The Bertz CT molecular complexity index is 1060. The van der Waals surface area contributed by atoms with E-state index in [1.165, 1.54) is 0 Å². The smallest absolute Gasteiger partial charge is 0.149 e. The first-order valence-electron chi connectivity index (χ1n) is 7.99. The highest BCUT2D eigenvalue weighted by Crippen LogP contribution is 2.21. The van der Waals surface area contributed by atoms with E-state index in [-0.39, 0.29) is 0 Å². The second-order valence-corrected chi connectivity index (χ2v) is 6.33. The molecule has 0 aliphatic rings. The van der Waals surface area contributed by atoms with Crippen LogP contribution in [0.25, 0.3) is 22.7 Å². The first-order valence-corrected chi connectivity index (χ1v) is 8.93. The molecule has 6 heteroatoms. The molecule has 0 bridgehead atoms. The summed E-state index contributed by atoms with van der Waals surface area (Å²) in [6.45, 7) is 0.446. The molecule has 0 fully saturated rings. The lowest BCUT2D eigenvalue weighted by Gasteiger charge is -2.04. The Hall–Kier alpha value is -3.43. The topological polar surface area (TPSA) is 74.6 Å². The molecule has 26 heavy (non-hydrogen) atoms. The number of hydrogen-bond acceptors (Lipinski definition) is 5. The summed E-state index contributed by atoms with van der Waals surface area (Å²) >= 11 is 1.55. The third-order valence-corrected chi connectivity index (χ3v) is 4.46. The predicted octanol–water partition coefficient (Wildman–Crippen LogP) is 4.66. The second-order valence-electron chi connectivity index (χ2n) is 5.61. The van der Waals surface area contributed by atoms with Crippen LogP contribution in [-0.2, 0) is 6.61 Å². The van der Waals surface area contributed by atoms with Crippen molar-refractivity contribution in [3.63, 3.8) is 0 Å². The number of nitrogens with zero attached hydrogens (tertiary/aromatic N) is 3. The highest BCUT2D eigenvalue weighted by Gasteiger charge is 2.07. The van der Waals surface area contributed by atoms with Gasteiger partial charge in [-0.15, -0.1) is 11.3 Å². The van der Waals surface area contributed by atoms with E-state index in [4.69, 9.17) is 4.74 Å². The monoisotopic (exact) mass is 358 g/mol. The summed E-state index contributed by atoms with van der Waals surface area (Å²) in [7, 11) is 0. The molecule has 4 aromatic rings. The summed E-state index contributed by atoms with van der Waals surface area (Å²) in [5, 5.41) is 11.5. The standard InChI is InChI=1S/C20H14N4OS/c21-10-15(20-23-18-3-1-2-4-19(18)24-20)9-14-5-7-17(8-6-14)25-11-16-12-26-13-22-16/h1-9,12-13H,11H2,(H,23,24). The van der Waals surface area contributed by atoms with Crippen LogP contribution in [0.4, 0.5) is 0 Å². The first-order chi connectivity index (χ1) is 12.8. The molecular weight excluding hydrogens is 344 g/mol. The van der Waals surface area contributed by atoms with Gasteiger partial charge in [-0.3, -0.25) is 0 Å². The first kappa shape index (κ1) is 16.1. The number of thiazole rings is 1. The number of rotatable bonds is 5. The largest absolute Gasteiger partial charge is 0.487 e. The third kappa shape index (κ3) is 3.48. The van der Waals surface area contributed by atoms with Gasteiger partial charge in [0.2, 0.25) is 0 Å². The van der Waals surface area contributed by atoms with Crippen molar-refractivity contribution in [3.05, 3.63) is 76.5 Å². The van der Waals surface area contributed by atoms with E-state index in [2.05, 4.69) is 21.0 Å². The Labute approximate surface area is 154 Å². The summed E-state index contributed by atoms with van der Waals surface area (Å²) in [6, 6.07) is 17.5. The number of ether oxygens (including phenoxy) is 1. The Kier molecular flexibility index (Phi) is 4.46. The molecule has 126 valence electrons. The van der Waals surface area contributed by atoms with Crippen LogP contribution in [-0.4, -0.2) is 15.0 Å². The Morgan fingerprint density at radius 2 is 2.04 bits per heavy atom. The van der Waals surface area contributed by atoms with Gasteiger partial charge in [-0.05, 0) is 35.9 Å². The summed E-state index contributed by atoms with van der Waals surface area (Å²) in [6.07, 6.45) is 1.81. The number of nitriles is 1. The van der Waals surface area contributed by atoms with Gasteiger partial charge < -0.3 is 9.72 Å². The van der Waals surface area contributed by atoms with Crippen molar-refractivity contribution in [2.45, 2.75) is 6.61 Å². The molecular formula is C20H14N4OS. The number of para-hydroxylation sites is 2. The van der Waals surface area contributed by atoms with Crippen molar-refractivity contribution < 1.29 is 4.74 Å². The SMILES string of the molecule is N#CC(=Cc1ccc(OCc2cscn2)cc1)c1nc2ccccc2[nH]1. The molecule has 0 atom stereocenters. The van der Waals surface area contributed by atoms with Crippen molar-refractivity contribution >= 4 is 34.0 Å². The van der Waals surface area contributed by atoms with Crippen LogP contribution in [0.2, 0.25) is 0 Å². The Morgan fingerprint density at radius 3 is 2.77 bits per heavy atom. The molecule has 0 saturated carbocycles. The lowest BCUT2D eigenvalue weighted by atomic mass is 10.1. The number of imidazole rings is 1. The number of aromatic amines is 1. The molecule has 2 aromatic carbocycles. The second kappa shape index (κ2) is 7.21. The van der Waals surface area contributed by atoms with Gasteiger partial charge in [0.15, 0.2) is 0 Å². The molecule has 2 aromatic heterocycles. The van der Waals surface area contributed by atoms with E-state index in [0.29, 0.717) is 18.0 Å². The fourth-order valence-corrected chi connectivity index (χ4v) is 3.07. The summed E-state index contributed by atoms with van der Waals surface area (Å²) in [4.78, 5) is 11.8. The van der Waals surface area contributed by atoms with E-state index in [1.807, 2.05) is 60.0 Å². The highest BCUT2D eigenvalue weighted by atomic mass is 32.1. The maximum Gasteiger partial charge on any atom is 0.149 e. The molecule has 0 aliphatic carbocycles. The predicted molar refractivity (Wildman–Crippen MR) is 102 cm³/mol. The van der Waals surface area contributed by atoms with E-state index in [9.17, 15) is 5.26 Å². The number of hydrogen-bond donors (Lipinski definition) is 1. The maximum absolute atomic E-state index is 9.50. The van der Waals surface area contributed by atoms with Crippen molar-refractivity contribution in [1.82, 2.24) is 15.0 Å². The normalized spacial score (nSPS) is 11.4. The molecule has 2 heterocycles. The minimum atomic E-state index is 0.446. The van der Waals surface area contributed by atoms with E-state index < -0.39 is 0 Å². The molecule has 4 rings (SSSR count). The van der Waals surface area contributed by atoms with Crippen LogP contribution in [0, 0.1) is 11.3 Å². The van der Waals surface area contributed by atoms with E-state index in [1.54, 1.807) is 16.8 Å². The van der Waals surface area contributed by atoms with Gasteiger partial charge in [0.25, 0.3) is 0 Å². The molecule has 0 radical (unpaired) electrons. The van der Waals surface area contributed by atoms with Crippen molar-refractivity contribution in [3.8, 4) is 11.8 Å². The van der Waals surface area contributed by atoms with Gasteiger partial charge in [-0.25, -0.2) is 9.97 Å². The molecule has 0 aliphatic heterocycles. The zero-order valence-corrected chi connectivity index (χ0v) is 14.5. The third-order valence-electron chi connectivity index (χ3n) is 3.83. The fraction of sp³-hybridized carbons (Fsp3) is 0.0500. The van der Waals surface area contributed by atoms with E-state index >= 15 is 0 Å². The zero-order valence-electron chi connectivity index (χ0n) is 13.7. The number of H-pyrrole nitrogens is 1. The van der Waals surface area contributed by atoms with Gasteiger partial charge in [0.05, 0.1) is 27.8 Å². The van der Waals surface area contributed by atoms with Gasteiger partial charge in [-0.2, -0.15) is 5.26 Å².